The molecule has 4 nitrogen and oxygen atoms in total. The number of carbonyl (C=O) groups excluding carboxylic acids is 1. The Hall–Kier alpha value is -3.09. The lowest BCUT2D eigenvalue weighted by Crippen LogP contribution is -2.35. The van der Waals surface area contributed by atoms with Gasteiger partial charge in [-0.2, -0.15) is 13.2 Å². The van der Waals surface area contributed by atoms with Gasteiger partial charge in [-0.1, -0.05) is 24.3 Å². The van der Waals surface area contributed by atoms with Crippen LogP contribution in [-0.4, -0.2) is 33.9 Å². The van der Waals surface area contributed by atoms with Gasteiger partial charge in [-0.25, -0.2) is 4.98 Å². The van der Waals surface area contributed by atoms with Gasteiger partial charge < -0.3 is 9.88 Å². The molecular formula is C22H20F3N3O. The molecule has 1 amide bonds. The zero-order valence-corrected chi connectivity index (χ0v) is 15.7. The molecule has 1 aliphatic heterocycles. The smallest absolute Gasteiger partial charge is 0.339 e. The van der Waals surface area contributed by atoms with Crippen LogP contribution in [0.1, 0.15) is 35.2 Å². The van der Waals surface area contributed by atoms with Crippen LogP contribution in [-0.2, 0) is 6.18 Å². The summed E-state index contributed by atoms with van der Waals surface area (Å²) in [5.41, 5.74) is 1.48. The molecule has 2 heterocycles. The van der Waals surface area contributed by atoms with Gasteiger partial charge in [-0.15, -0.1) is 0 Å². The molecular weight excluding hydrogens is 379 g/mol. The lowest BCUT2D eigenvalue weighted by molar-refractivity contribution is -0.137. The van der Waals surface area contributed by atoms with Crippen LogP contribution in [0, 0.1) is 0 Å². The predicted octanol–water partition coefficient (Wildman–Crippen LogP) is 5.39. The summed E-state index contributed by atoms with van der Waals surface area (Å²) in [6.45, 7) is 1.53. The Bertz CT molecular complexity index is 1020. The zero-order valence-electron chi connectivity index (χ0n) is 15.7. The minimum Gasteiger partial charge on any atom is -0.339 e. The summed E-state index contributed by atoms with van der Waals surface area (Å²) in [6.07, 6.45) is 0.286. The summed E-state index contributed by atoms with van der Waals surface area (Å²) in [7, 11) is 0. The minimum absolute atomic E-state index is 0.00351. The van der Waals surface area contributed by atoms with Gasteiger partial charge in [0.15, 0.2) is 0 Å². The number of benzene rings is 2. The summed E-state index contributed by atoms with van der Waals surface area (Å²) >= 11 is 0. The van der Waals surface area contributed by atoms with E-state index in [1.807, 2.05) is 11.0 Å². The van der Waals surface area contributed by atoms with Crippen molar-refractivity contribution in [3.8, 4) is 22.6 Å². The first-order valence-electron chi connectivity index (χ1n) is 9.54. The molecule has 0 saturated carbocycles. The topological polar surface area (TPSA) is 49.0 Å². The number of aromatic amines is 1. The second-order valence-electron chi connectivity index (χ2n) is 7.16. The Balaban J connectivity index is 1.59. The van der Waals surface area contributed by atoms with E-state index in [4.69, 9.17) is 0 Å². The number of alkyl halides is 3. The van der Waals surface area contributed by atoms with Crippen LogP contribution in [0.5, 0.6) is 0 Å². The number of hydrogen-bond acceptors (Lipinski definition) is 2. The molecule has 1 aliphatic rings. The van der Waals surface area contributed by atoms with Crippen molar-refractivity contribution >= 4 is 5.91 Å². The van der Waals surface area contributed by atoms with Crippen molar-refractivity contribution in [3.63, 3.8) is 0 Å². The Morgan fingerprint density at radius 1 is 0.966 bits per heavy atom. The van der Waals surface area contributed by atoms with E-state index >= 15 is 0 Å². The molecule has 0 atom stereocenters. The average molecular weight is 399 g/mol. The fraction of sp³-hybridized carbons (Fsp3) is 0.273. The largest absolute Gasteiger partial charge is 0.416 e. The summed E-state index contributed by atoms with van der Waals surface area (Å²) in [5.74, 6) is 0.502. The van der Waals surface area contributed by atoms with Gasteiger partial charge in [0.05, 0.1) is 17.5 Å². The number of piperidine rings is 1. The van der Waals surface area contributed by atoms with E-state index in [9.17, 15) is 18.0 Å². The predicted molar refractivity (Wildman–Crippen MR) is 104 cm³/mol. The number of likely N-dealkylation sites (tertiary alicyclic amines) is 1. The van der Waals surface area contributed by atoms with Gasteiger partial charge in [0.25, 0.3) is 5.91 Å². The number of nitrogens with one attached hydrogen (secondary N) is 1. The number of aromatic nitrogens is 2. The van der Waals surface area contributed by atoms with Crippen molar-refractivity contribution in [2.75, 3.05) is 13.1 Å². The van der Waals surface area contributed by atoms with E-state index in [1.54, 1.807) is 24.3 Å². The first-order valence-corrected chi connectivity index (χ1v) is 9.54. The van der Waals surface area contributed by atoms with E-state index in [1.165, 1.54) is 12.3 Å². The van der Waals surface area contributed by atoms with Crippen LogP contribution in [0.2, 0.25) is 0 Å². The first kappa shape index (κ1) is 19.2. The third-order valence-corrected chi connectivity index (χ3v) is 5.10. The van der Waals surface area contributed by atoms with Gasteiger partial charge in [-0.05, 0) is 43.5 Å². The number of nitrogens with zero attached hydrogens (tertiary/aromatic N) is 2. The maximum absolute atomic E-state index is 13.0. The number of amides is 1. The quantitative estimate of drug-likeness (QED) is 0.642. The number of carbonyl (C=O) groups is 1. The molecule has 7 heteroatoms. The summed E-state index contributed by atoms with van der Waals surface area (Å²) in [5, 5.41) is 0. The van der Waals surface area contributed by atoms with Crippen LogP contribution >= 0.6 is 0 Å². The standard InChI is InChI=1S/C22H20F3N3O/c23-22(24,25)18-9-5-6-15(13-18)19-14-26-20(27-19)16-7-4-8-17(12-16)21(29)28-10-2-1-3-11-28/h4-9,12-14H,1-3,10-11H2,(H,26,27). The van der Waals surface area contributed by atoms with E-state index in [2.05, 4.69) is 9.97 Å². The lowest BCUT2D eigenvalue weighted by atomic mass is 10.1. The Morgan fingerprint density at radius 2 is 1.69 bits per heavy atom. The Labute approximate surface area is 166 Å². The minimum atomic E-state index is -4.40. The summed E-state index contributed by atoms with van der Waals surface area (Å²) in [4.78, 5) is 22.0. The third-order valence-electron chi connectivity index (χ3n) is 5.10. The summed E-state index contributed by atoms with van der Waals surface area (Å²) < 4.78 is 38.9. The van der Waals surface area contributed by atoms with Crippen LogP contribution < -0.4 is 0 Å². The first-order chi connectivity index (χ1) is 13.9. The van der Waals surface area contributed by atoms with E-state index in [0.717, 1.165) is 44.5 Å². The number of H-pyrrole nitrogens is 1. The van der Waals surface area contributed by atoms with Gasteiger partial charge in [0.2, 0.25) is 0 Å². The van der Waals surface area contributed by atoms with E-state index in [0.29, 0.717) is 28.2 Å². The van der Waals surface area contributed by atoms with Crippen molar-refractivity contribution in [2.45, 2.75) is 25.4 Å². The van der Waals surface area contributed by atoms with Crippen LogP contribution in [0.3, 0.4) is 0 Å². The number of rotatable bonds is 3. The Kier molecular flexibility index (Phi) is 5.13. The molecule has 29 heavy (non-hydrogen) atoms. The van der Waals surface area contributed by atoms with Crippen molar-refractivity contribution in [2.24, 2.45) is 0 Å². The molecule has 0 aliphatic carbocycles. The fourth-order valence-electron chi connectivity index (χ4n) is 3.56. The van der Waals surface area contributed by atoms with E-state index in [-0.39, 0.29) is 5.91 Å². The number of imidazole rings is 1. The zero-order chi connectivity index (χ0) is 20.4. The highest BCUT2D eigenvalue weighted by Crippen LogP contribution is 2.32. The van der Waals surface area contributed by atoms with Crippen molar-refractivity contribution in [3.05, 3.63) is 65.9 Å². The molecule has 3 aromatic rings. The van der Waals surface area contributed by atoms with Crippen LogP contribution in [0.25, 0.3) is 22.6 Å². The fourth-order valence-corrected chi connectivity index (χ4v) is 3.56. The normalized spacial score (nSPS) is 14.8. The molecule has 1 aromatic heterocycles. The molecule has 2 aromatic carbocycles. The second-order valence-corrected chi connectivity index (χ2v) is 7.16. The Morgan fingerprint density at radius 3 is 2.45 bits per heavy atom. The molecule has 4 rings (SSSR count). The average Bonchev–Trinajstić information content (AvgIpc) is 3.24. The number of halogens is 3. The molecule has 0 unspecified atom stereocenters. The van der Waals surface area contributed by atoms with Gasteiger partial charge in [0.1, 0.15) is 5.82 Å². The van der Waals surface area contributed by atoms with E-state index < -0.39 is 11.7 Å². The SMILES string of the molecule is O=C(c1cccc(-c2ncc(-c3cccc(C(F)(F)F)c3)[nH]2)c1)N1CCCCC1. The van der Waals surface area contributed by atoms with Crippen molar-refractivity contribution in [1.82, 2.24) is 14.9 Å². The highest BCUT2D eigenvalue weighted by molar-refractivity contribution is 5.95. The maximum Gasteiger partial charge on any atom is 0.416 e. The van der Waals surface area contributed by atoms with Crippen molar-refractivity contribution < 1.29 is 18.0 Å². The second kappa shape index (κ2) is 7.73. The number of hydrogen-bond donors (Lipinski definition) is 1. The molecule has 1 N–H and O–H groups in total. The van der Waals surface area contributed by atoms with Crippen LogP contribution in [0.15, 0.2) is 54.7 Å². The third kappa shape index (κ3) is 4.18. The molecule has 0 bridgehead atoms. The van der Waals surface area contributed by atoms with Gasteiger partial charge in [0, 0.05) is 29.8 Å². The highest BCUT2D eigenvalue weighted by atomic mass is 19.4. The highest BCUT2D eigenvalue weighted by Gasteiger charge is 2.30. The molecule has 0 radical (unpaired) electrons. The van der Waals surface area contributed by atoms with Gasteiger partial charge in [-0.3, -0.25) is 4.79 Å². The van der Waals surface area contributed by atoms with Crippen molar-refractivity contribution in [1.29, 1.82) is 0 Å². The molecule has 1 fully saturated rings. The molecule has 1 saturated heterocycles. The summed E-state index contributed by atoms with van der Waals surface area (Å²) in [6, 6.07) is 12.3. The lowest BCUT2D eigenvalue weighted by Gasteiger charge is -2.26. The molecule has 150 valence electrons. The monoisotopic (exact) mass is 399 g/mol. The van der Waals surface area contributed by atoms with Gasteiger partial charge >= 0.3 is 6.18 Å². The van der Waals surface area contributed by atoms with Crippen LogP contribution in [0.4, 0.5) is 13.2 Å². The molecule has 0 spiro atoms. The maximum atomic E-state index is 13.0.